The number of fused-ring (bicyclic) bond motifs is 4. The number of nitrogens with one attached hydrogen (secondary N) is 2. The normalized spacial score (nSPS) is 16.2. The van der Waals surface area contributed by atoms with Crippen LogP contribution in [0.15, 0.2) is 94.7 Å². The summed E-state index contributed by atoms with van der Waals surface area (Å²) in [5, 5.41) is 7.24. The molecule has 0 aromatic heterocycles. The van der Waals surface area contributed by atoms with Crippen LogP contribution in [0.4, 0.5) is 11.4 Å². The lowest BCUT2D eigenvalue weighted by Crippen LogP contribution is -3.00. The van der Waals surface area contributed by atoms with Crippen LogP contribution in [-0.2, 0) is 39.2 Å². The van der Waals surface area contributed by atoms with E-state index in [1.807, 2.05) is 79.7 Å². The van der Waals surface area contributed by atoms with E-state index in [0.29, 0.717) is 9.79 Å². The molecule has 4 aromatic carbocycles. The van der Waals surface area contributed by atoms with E-state index in [0.717, 1.165) is 68.7 Å². The Kier molecular flexibility index (Phi) is 21.7. The first-order valence-corrected chi connectivity index (χ1v) is 23.2. The molecule has 4 aromatic rings. The molecule has 0 spiro atoms. The maximum Gasteiger partial charge on any atom is 0.373 e. The summed E-state index contributed by atoms with van der Waals surface area (Å²) in [4.78, 5) is 33.3. The lowest BCUT2D eigenvalue weighted by atomic mass is 9.96. The van der Waals surface area contributed by atoms with Crippen molar-refractivity contribution in [3.63, 3.8) is 0 Å². The summed E-state index contributed by atoms with van der Waals surface area (Å²) in [6.07, 6.45) is 9.94. The van der Waals surface area contributed by atoms with Crippen LogP contribution in [-0.4, -0.2) is 56.3 Å². The number of aryl methyl sites for hydroxylation is 1. The number of halogens is 2. The lowest BCUT2D eigenvalue weighted by Gasteiger charge is -2.22. The number of hydrogen-bond acceptors (Lipinski definition) is 10. The lowest BCUT2D eigenvalue weighted by molar-refractivity contribution is -0.193. The van der Waals surface area contributed by atoms with Crippen LogP contribution in [0, 0.1) is 10.5 Å². The molecule has 0 bridgehead atoms. The molecule has 2 aliphatic rings. The van der Waals surface area contributed by atoms with Gasteiger partial charge in [0.05, 0.1) is 33.2 Å². The van der Waals surface area contributed by atoms with Crippen LogP contribution < -0.4 is 31.7 Å². The third-order valence-corrected chi connectivity index (χ3v) is 14.3. The Hall–Kier alpha value is -3.92. The summed E-state index contributed by atoms with van der Waals surface area (Å²) >= 11 is 2.17. The molecule has 2 unspecified atom stereocenters. The molecule has 2 N–H and O–H groups in total. The van der Waals surface area contributed by atoms with Crippen LogP contribution in [0.2, 0.25) is 0 Å². The number of anilines is 2. The molecule has 0 saturated heterocycles. The number of carbonyl (C=O) groups excluding carboxylic acids is 4. The summed E-state index contributed by atoms with van der Waals surface area (Å²) in [5.74, 6) is 0. The van der Waals surface area contributed by atoms with Gasteiger partial charge in [0.15, 0.2) is 0 Å². The number of sulfonamides is 2. The van der Waals surface area contributed by atoms with Crippen molar-refractivity contribution in [3.8, 4) is 0 Å². The predicted molar refractivity (Wildman–Crippen MR) is 232 cm³/mol. The molecule has 16 heteroatoms. The van der Waals surface area contributed by atoms with Crippen LogP contribution in [0.3, 0.4) is 0 Å². The van der Waals surface area contributed by atoms with Gasteiger partial charge in [-0.15, -0.1) is 0 Å². The average Bonchev–Trinajstić information content (AvgIpc) is 3.32. The standard InChI is InChI=1S/C21H28N2O2S.C20H25IN2O2S.2CO2.ClH/c1-4-5-6-9-14-22-21-17-10-7-8-11-19(17)23(3)26(24,25)20-15-16(2)12-13-18(20)21;1-3-4-5-8-13-22-20-16-9-6-7-10-18(16)23(2)26(24,25)19-14-15(21)11-12-17(19)20;2*2-1-3;/h7-8,10-13,15,21-22H,4-6,9,14H2,1-3H3;6-7,9-12,14,20,22H,3-5,8,13H2,1-2H3;;;1H/p-1. The quantitative estimate of drug-likeness (QED) is 0.147. The summed E-state index contributed by atoms with van der Waals surface area (Å²) in [5.41, 5.74) is 6.12. The smallest absolute Gasteiger partial charge is 0.373 e. The first kappa shape index (κ1) is 51.2. The topological polar surface area (TPSA) is 167 Å². The van der Waals surface area contributed by atoms with Crippen molar-refractivity contribution in [3.05, 3.63) is 116 Å². The Morgan fingerprint density at radius 3 is 1.39 bits per heavy atom. The van der Waals surface area contributed by atoms with Gasteiger partial charge in [-0.1, -0.05) is 107 Å². The van der Waals surface area contributed by atoms with Crippen LogP contribution in [0.1, 0.15) is 105 Å². The molecular formula is C43H53ClIN4O8S2-. The van der Waals surface area contributed by atoms with E-state index in [1.54, 1.807) is 26.2 Å². The number of nitrogens with zero attached hydrogens (tertiary/aromatic N) is 2. The molecule has 2 aliphatic heterocycles. The summed E-state index contributed by atoms with van der Waals surface area (Å²) < 4.78 is 56.5. The minimum absolute atomic E-state index is 0. The zero-order chi connectivity index (χ0) is 42.9. The van der Waals surface area contributed by atoms with Gasteiger partial charge in [0.1, 0.15) is 0 Å². The highest BCUT2D eigenvalue weighted by Crippen LogP contribution is 2.42. The fourth-order valence-electron chi connectivity index (χ4n) is 7.04. The van der Waals surface area contributed by atoms with E-state index in [4.69, 9.17) is 19.2 Å². The Morgan fingerprint density at radius 1 is 0.576 bits per heavy atom. The molecule has 6 rings (SSSR count). The minimum Gasteiger partial charge on any atom is -1.00 e. The highest BCUT2D eigenvalue weighted by Gasteiger charge is 2.36. The van der Waals surface area contributed by atoms with Crippen molar-refractivity contribution in [2.24, 2.45) is 0 Å². The van der Waals surface area contributed by atoms with Gasteiger partial charge in [0, 0.05) is 17.7 Å². The SMILES string of the molecule is CCCCCCNC1c2ccccc2N(C)S(=O)(=O)c2cc(C)ccc21.CCCCCCNC1c2ccccc2N(C)S(=O)(=O)c2cc(I)ccc21.O=C=O.O=C=O.[Cl-]. The van der Waals surface area contributed by atoms with Gasteiger partial charge in [-0.3, -0.25) is 8.61 Å². The van der Waals surface area contributed by atoms with Crippen LogP contribution in [0.25, 0.3) is 0 Å². The predicted octanol–water partition coefficient (Wildman–Crippen LogP) is 4.92. The average molecular weight is 980 g/mol. The summed E-state index contributed by atoms with van der Waals surface area (Å²) in [6, 6.07) is 26.8. The monoisotopic (exact) mass is 979 g/mol. The molecule has 0 saturated carbocycles. The van der Waals surface area contributed by atoms with Crippen LogP contribution >= 0.6 is 22.6 Å². The second-order valence-electron chi connectivity index (χ2n) is 13.8. The summed E-state index contributed by atoms with van der Waals surface area (Å²) in [6.45, 7) is 8.08. The van der Waals surface area contributed by atoms with Crippen molar-refractivity contribution in [2.45, 2.75) is 94.0 Å². The molecular weight excluding hydrogens is 927 g/mol. The number of para-hydroxylation sites is 2. The number of hydrogen-bond donors (Lipinski definition) is 2. The van der Waals surface area contributed by atoms with Crippen molar-refractivity contribution < 1.29 is 48.4 Å². The zero-order valence-electron chi connectivity index (χ0n) is 34.0. The molecule has 0 aliphatic carbocycles. The second kappa shape index (κ2) is 25.0. The molecule has 0 fully saturated rings. The maximum absolute atomic E-state index is 13.2. The highest BCUT2D eigenvalue weighted by atomic mass is 127. The van der Waals surface area contributed by atoms with E-state index in [9.17, 15) is 16.8 Å². The first-order chi connectivity index (χ1) is 27.8. The van der Waals surface area contributed by atoms with Gasteiger partial charge in [-0.25, -0.2) is 16.8 Å². The molecule has 12 nitrogen and oxygen atoms in total. The zero-order valence-corrected chi connectivity index (χ0v) is 38.6. The van der Waals surface area contributed by atoms with E-state index < -0.39 is 20.0 Å². The van der Waals surface area contributed by atoms with Crippen molar-refractivity contribution in [1.29, 1.82) is 0 Å². The van der Waals surface area contributed by atoms with Crippen molar-refractivity contribution in [1.82, 2.24) is 10.6 Å². The fraction of sp³-hybridized carbons (Fsp3) is 0.395. The van der Waals surface area contributed by atoms with Gasteiger partial charge < -0.3 is 23.0 Å². The molecule has 0 radical (unpaired) electrons. The van der Waals surface area contributed by atoms with Crippen molar-refractivity contribution in [2.75, 3.05) is 35.8 Å². The first-order valence-electron chi connectivity index (χ1n) is 19.3. The van der Waals surface area contributed by atoms with Gasteiger partial charge in [-0.05, 0) is 114 Å². The third-order valence-electron chi connectivity index (χ3n) is 9.98. The Bertz CT molecular complexity index is 2110. The third kappa shape index (κ3) is 13.0. The number of benzene rings is 4. The highest BCUT2D eigenvalue weighted by molar-refractivity contribution is 14.1. The van der Waals surface area contributed by atoms with Gasteiger partial charge >= 0.3 is 12.3 Å². The molecule has 59 heavy (non-hydrogen) atoms. The minimum atomic E-state index is -3.58. The van der Waals surface area contributed by atoms with Crippen molar-refractivity contribution >= 4 is 66.3 Å². The Morgan fingerprint density at radius 2 is 0.966 bits per heavy atom. The number of rotatable bonds is 12. The van der Waals surface area contributed by atoms with E-state index in [-0.39, 0.29) is 36.8 Å². The largest absolute Gasteiger partial charge is 1.00 e. The number of unbranched alkanes of at least 4 members (excludes halogenated alkanes) is 6. The summed E-state index contributed by atoms with van der Waals surface area (Å²) in [7, 11) is -3.87. The van der Waals surface area contributed by atoms with E-state index in [1.165, 1.54) is 47.1 Å². The van der Waals surface area contributed by atoms with Gasteiger partial charge in [0.2, 0.25) is 0 Å². The Balaban J connectivity index is 0.000000354. The van der Waals surface area contributed by atoms with Gasteiger partial charge in [-0.2, -0.15) is 19.2 Å². The van der Waals surface area contributed by atoms with E-state index in [2.05, 4.69) is 47.1 Å². The Labute approximate surface area is 369 Å². The van der Waals surface area contributed by atoms with Crippen LogP contribution in [0.5, 0.6) is 0 Å². The molecule has 0 amide bonds. The molecule has 2 heterocycles. The fourth-order valence-corrected chi connectivity index (χ4v) is 10.8. The van der Waals surface area contributed by atoms with Gasteiger partial charge in [0.25, 0.3) is 20.0 Å². The molecule has 320 valence electrons. The molecule has 2 atom stereocenters. The van der Waals surface area contributed by atoms with E-state index >= 15 is 0 Å². The second-order valence-corrected chi connectivity index (χ2v) is 19.0. The maximum atomic E-state index is 13.2.